The molecule has 0 spiro atoms. The molecule has 1 fully saturated rings. The standard InChI is InChI=1S/C38H33N5O3/c44-36(40-32-17-10-24-42(26-32)37(45)46)28-18-19-34-33(25-28)35(27-20-22-39-23-21-27)41-43(34)38(29-11-4-1-5-12-29,30-13-6-2-7-14-30)31-15-8-3-9-16-31/h1-9,11-16,18-23,25,32H,10,17,24,26H2,(H,40,44)(H,45,46). The third-order valence-electron chi connectivity index (χ3n) is 8.82. The van der Waals surface area contributed by atoms with Crippen LogP contribution < -0.4 is 5.32 Å². The van der Waals surface area contributed by atoms with E-state index in [4.69, 9.17) is 5.10 Å². The van der Waals surface area contributed by atoms with Gasteiger partial charge in [0.1, 0.15) is 11.2 Å². The number of carbonyl (C=O) groups is 2. The Balaban J connectivity index is 1.44. The first-order chi connectivity index (χ1) is 22.6. The number of likely N-dealkylation sites (tertiary alicyclic amines) is 1. The van der Waals surface area contributed by atoms with E-state index in [9.17, 15) is 14.7 Å². The second-order valence-electron chi connectivity index (χ2n) is 11.6. The molecule has 7 rings (SSSR count). The maximum atomic E-state index is 13.6. The van der Waals surface area contributed by atoms with Crippen LogP contribution in [-0.4, -0.2) is 55.9 Å². The van der Waals surface area contributed by atoms with Crippen molar-refractivity contribution >= 4 is 22.9 Å². The average Bonchev–Trinajstić information content (AvgIpc) is 3.50. The number of carboxylic acid groups (broad SMARTS) is 1. The van der Waals surface area contributed by atoms with E-state index >= 15 is 0 Å². The molecule has 0 radical (unpaired) electrons. The molecule has 1 atom stereocenters. The Bertz CT molecular complexity index is 1880. The predicted molar refractivity (Wildman–Crippen MR) is 178 cm³/mol. The molecular weight excluding hydrogens is 574 g/mol. The molecule has 46 heavy (non-hydrogen) atoms. The Kier molecular flexibility index (Phi) is 7.76. The summed E-state index contributed by atoms with van der Waals surface area (Å²) in [6, 6.07) is 40.4. The molecule has 0 saturated carbocycles. The molecule has 2 N–H and O–H groups in total. The molecule has 8 nitrogen and oxygen atoms in total. The zero-order valence-corrected chi connectivity index (χ0v) is 25.2. The maximum absolute atomic E-state index is 13.6. The van der Waals surface area contributed by atoms with E-state index in [2.05, 4.69) is 51.4 Å². The highest BCUT2D eigenvalue weighted by molar-refractivity contribution is 6.02. The summed E-state index contributed by atoms with van der Waals surface area (Å²) < 4.78 is 2.09. The molecule has 0 aliphatic carbocycles. The van der Waals surface area contributed by atoms with Crippen LogP contribution >= 0.6 is 0 Å². The number of hydrogen-bond donors (Lipinski definition) is 2. The zero-order valence-electron chi connectivity index (χ0n) is 25.2. The Morgan fingerprint density at radius 3 is 1.93 bits per heavy atom. The predicted octanol–water partition coefficient (Wildman–Crippen LogP) is 6.81. The Hall–Kier alpha value is -5.76. The number of hydrogen-bond acceptors (Lipinski definition) is 4. The number of pyridine rings is 1. The van der Waals surface area contributed by atoms with Crippen molar-refractivity contribution in [2.45, 2.75) is 24.4 Å². The van der Waals surface area contributed by atoms with Gasteiger partial charge in [0, 0.05) is 48.0 Å². The van der Waals surface area contributed by atoms with Gasteiger partial charge < -0.3 is 15.3 Å². The number of nitrogens with one attached hydrogen (secondary N) is 1. The van der Waals surface area contributed by atoms with Crippen LogP contribution in [0.4, 0.5) is 4.79 Å². The molecule has 1 unspecified atom stereocenters. The smallest absolute Gasteiger partial charge is 0.407 e. The summed E-state index contributed by atoms with van der Waals surface area (Å²) in [4.78, 5) is 30.8. The van der Waals surface area contributed by atoms with Crippen molar-refractivity contribution in [2.75, 3.05) is 13.1 Å². The molecule has 1 aliphatic rings. The minimum Gasteiger partial charge on any atom is -0.465 e. The molecule has 3 heterocycles. The molecule has 0 bridgehead atoms. The fourth-order valence-electron chi connectivity index (χ4n) is 6.68. The minimum atomic E-state index is -0.964. The van der Waals surface area contributed by atoms with Gasteiger partial charge in [-0.25, -0.2) is 9.48 Å². The van der Waals surface area contributed by atoms with Gasteiger partial charge in [0.15, 0.2) is 0 Å². The Morgan fingerprint density at radius 2 is 1.37 bits per heavy atom. The molecule has 228 valence electrons. The van der Waals surface area contributed by atoms with E-state index in [0.29, 0.717) is 18.5 Å². The van der Waals surface area contributed by atoms with Gasteiger partial charge >= 0.3 is 6.09 Å². The van der Waals surface area contributed by atoms with Gasteiger partial charge in [0.05, 0.1) is 5.52 Å². The van der Waals surface area contributed by atoms with Gasteiger partial charge in [-0.3, -0.25) is 9.78 Å². The van der Waals surface area contributed by atoms with Crippen LogP contribution in [0.3, 0.4) is 0 Å². The van der Waals surface area contributed by atoms with Gasteiger partial charge in [0.25, 0.3) is 5.91 Å². The fraction of sp³-hybridized carbons (Fsp3) is 0.158. The van der Waals surface area contributed by atoms with Crippen LogP contribution in [0.15, 0.2) is 134 Å². The van der Waals surface area contributed by atoms with Crippen LogP contribution in [0.2, 0.25) is 0 Å². The van der Waals surface area contributed by atoms with Gasteiger partial charge in [-0.1, -0.05) is 91.0 Å². The third kappa shape index (κ3) is 5.17. The van der Waals surface area contributed by atoms with Crippen molar-refractivity contribution in [2.24, 2.45) is 0 Å². The van der Waals surface area contributed by atoms with Gasteiger partial charge in [-0.05, 0) is 59.9 Å². The van der Waals surface area contributed by atoms with Crippen LogP contribution in [0.5, 0.6) is 0 Å². The van der Waals surface area contributed by atoms with Gasteiger partial charge in [0.2, 0.25) is 0 Å². The second kappa shape index (κ2) is 12.3. The van der Waals surface area contributed by atoms with E-state index in [-0.39, 0.29) is 18.5 Å². The molecular formula is C38H33N5O3. The summed E-state index contributed by atoms with van der Waals surface area (Å²) >= 11 is 0. The highest BCUT2D eigenvalue weighted by Gasteiger charge is 2.41. The lowest BCUT2D eigenvalue weighted by molar-refractivity contribution is 0.0888. The summed E-state index contributed by atoms with van der Waals surface area (Å²) in [6.07, 6.45) is 3.95. The normalized spacial score (nSPS) is 15.0. The summed E-state index contributed by atoms with van der Waals surface area (Å²) in [5.41, 5.74) is 5.23. The number of rotatable bonds is 7. The summed E-state index contributed by atoms with van der Waals surface area (Å²) in [5, 5.41) is 18.8. The fourth-order valence-corrected chi connectivity index (χ4v) is 6.68. The lowest BCUT2D eigenvalue weighted by Gasteiger charge is -2.37. The highest BCUT2D eigenvalue weighted by atomic mass is 16.4. The first-order valence-electron chi connectivity index (χ1n) is 15.4. The van der Waals surface area contributed by atoms with Gasteiger partial charge in [-0.2, -0.15) is 5.10 Å². The topological polar surface area (TPSA) is 100 Å². The van der Waals surface area contributed by atoms with Crippen LogP contribution in [0.25, 0.3) is 22.2 Å². The molecule has 4 aromatic carbocycles. The third-order valence-corrected chi connectivity index (χ3v) is 8.82. The van der Waals surface area contributed by atoms with Crippen molar-refractivity contribution in [1.82, 2.24) is 25.0 Å². The van der Waals surface area contributed by atoms with Gasteiger partial charge in [-0.15, -0.1) is 0 Å². The molecule has 6 aromatic rings. The van der Waals surface area contributed by atoms with E-state index < -0.39 is 11.6 Å². The average molecular weight is 608 g/mol. The second-order valence-corrected chi connectivity index (χ2v) is 11.6. The number of aromatic nitrogens is 3. The molecule has 2 amide bonds. The molecule has 2 aromatic heterocycles. The maximum Gasteiger partial charge on any atom is 0.407 e. The number of amides is 2. The summed E-state index contributed by atoms with van der Waals surface area (Å²) in [7, 11) is 0. The van der Waals surface area contributed by atoms with Crippen LogP contribution in [-0.2, 0) is 5.54 Å². The van der Waals surface area contributed by atoms with Crippen molar-refractivity contribution < 1.29 is 14.7 Å². The van der Waals surface area contributed by atoms with Crippen LogP contribution in [0, 0.1) is 0 Å². The number of fused-ring (bicyclic) bond motifs is 1. The first-order valence-corrected chi connectivity index (χ1v) is 15.4. The van der Waals surface area contributed by atoms with Crippen molar-refractivity contribution in [3.63, 3.8) is 0 Å². The number of piperidine rings is 1. The number of carbonyl (C=O) groups excluding carboxylic acids is 1. The van der Waals surface area contributed by atoms with E-state index in [0.717, 1.165) is 45.3 Å². The van der Waals surface area contributed by atoms with E-state index in [1.165, 1.54) is 4.90 Å². The van der Waals surface area contributed by atoms with Crippen molar-refractivity contribution in [3.05, 3.63) is 156 Å². The van der Waals surface area contributed by atoms with E-state index in [1.807, 2.05) is 84.9 Å². The molecule has 1 saturated heterocycles. The largest absolute Gasteiger partial charge is 0.465 e. The molecule has 8 heteroatoms. The summed E-state index contributed by atoms with van der Waals surface area (Å²) in [6.45, 7) is 0.755. The SMILES string of the molecule is O=C(NC1CCCN(C(=O)O)C1)c1ccc2c(c1)c(-c1ccncc1)nn2C(c1ccccc1)(c1ccccc1)c1ccccc1. The lowest BCUT2D eigenvalue weighted by Crippen LogP contribution is -2.49. The summed E-state index contributed by atoms with van der Waals surface area (Å²) in [5.74, 6) is -0.243. The van der Waals surface area contributed by atoms with Crippen LogP contribution in [0.1, 0.15) is 39.9 Å². The number of nitrogens with zero attached hydrogens (tertiary/aromatic N) is 4. The van der Waals surface area contributed by atoms with Crippen molar-refractivity contribution in [1.29, 1.82) is 0 Å². The minimum absolute atomic E-state index is 0.243. The Morgan fingerprint density at radius 1 is 0.783 bits per heavy atom. The van der Waals surface area contributed by atoms with Crippen molar-refractivity contribution in [3.8, 4) is 11.3 Å². The first kappa shape index (κ1) is 29.0. The zero-order chi connectivity index (χ0) is 31.5. The lowest BCUT2D eigenvalue weighted by atomic mass is 9.77. The van der Waals surface area contributed by atoms with E-state index in [1.54, 1.807) is 12.4 Å². The Labute approximate surface area is 267 Å². The quantitative estimate of drug-likeness (QED) is 0.194. The molecule has 1 aliphatic heterocycles. The monoisotopic (exact) mass is 607 g/mol. The number of benzene rings is 4. The highest BCUT2D eigenvalue weighted by Crippen LogP contribution is 2.44.